The highest BCUT2D eigenvalue weighted by molar-refractivity contribution is 7.09. The molecule has 1 aromatic heterocycles. The molecule has 1 unspecified atom stereocenters. The minimum Gasteiger partial charge on any atom is -0.329 e. The molecular formula is C14H26N2S. The largest absolute Gasteiger partial charge is 0.329 e. The van der Waals surface area contributed by atoms with Crippen LogP contribution >= 0.6 is 11.3 Å². The van der Waals surface area contributed by atoms with Gasteiger partial charge >= 0.3 is 0 Å². The van der Waals surface area contributed by atoms with Gasteiger partial charge in [-0.2, -0.15) is 0 Å². The Hall–Kier alpha value is -0.380. The van der Waals surface area contributed by atoms with Gasteiger partial charge in [-0.1, -0.05) is 26.8 Å². The molecule has 0 saturated heterocycles. The van der Waals surface area contributed by atoms with Crippen molar-refractivity contribution in [2.75, 3.05) is 20.1 Å². The average Bonchev–Trinajstić information content (AvgIpc) is 2.74. The third-order valence-corrected chi connectivity index (χ3v) is 3.97. The number of hydrogen-bond donors (Lipinski definition) is 1. The Kier molecular flexibility index (Phi) is 5.63. The minimum atomic E-state index is 0.348. The highest BCUT2D eigenvalue weighted by atomic mass is 32.1. The Morgan fingerprint density at radius 3 is 2.59 bits per heavy atom. The number of thiophene rings is 1. The molecule has 0 radical (unpaired) electrons. The zero-order valence-corrected chi connectivity index (χ0v) is 12.4. The third-order valence-electron chi connectivity index (χ3n) is 3.03. The Labute approximate surface area is 110 Å². The molecule has 2 nitrogen and oxygen atoms in total. The Balaban J connectivity index is 2.41. The second kappa shape index (κ2) is 6.53. The molecule has 17 heavy (non-hydrogen) atoms. The van der Waals surface area contributed by atoms with Crippen LogP contribution < -0.4 is 5.73 Å². The van der Waals surface area contributed by atoms with Crippen molar-refractivity contribution >= 4 is 11.3 Å². The molecule has 1 aromatic rings. The molecule has 0 bridgehead atoms. The minimum absolute atomic E-state index is 0.348. The second-order valence-corrected chi connectivity index (χ2v) is 7.00. The summed E-state index contributed by atoms with van der Waals surface area (Å²) in [5.74, 6) is 0. The quantitative estimate of drug-likeness (QED) is 0.845. The first-order valence-electron chi connectivity index (χ1n) is 6.35. The molecule has 0 spiro atoms. The van der Waals surface area contributed by atoms with E-state index >= 15 is 0 Å². The SMILES string of the molecule is CN(CCc1cccs1)C(CN)CC(C)(C)C. The maximum absolute atomic E-state index is 5.89. The van der Waals surface area contributed by atoms with E-state index in [4.69, 9.17) is 5.73 Å². The predicted molar refractivity (Wildman–Crippen MR) is 77.6 cm³/mol. The first kappa shape index (κ1) is 14.7. The molecule has 3 heteroatoms. The monoisotopic (exact) mass is 254 g/mol. The van der Waals surface area contributed by atoms with Gasteiger partial charge < -0.3 is 10.6 Å². The van der Waals surface area contributed by atoms with E-state index < -0.39 is 0 Å². The summed E-state index contributed by atoms with van der Waals surface area (Å²) in [5.41, 5.74) is 6.24. The van der Waals surface area contributed by atoms with Crippen LogP contribution in [0.3, 0.4) is 0 Å². The van der Waals surface area contributed by atoms with E-state index in [1.807, 2.05) is 11.3 Å². The molecule has 0 aliphatic rings. The molecular weight excluding hydrogens is 228 g/mol. The summed E-state index contributed by atoms with van der Waals surface area (Å²) >= 11 is 1.84. The van der Waals surface area contributed by atoms with Gasteiger partial charge in [0.25, 0.3) is 0 Å². The molecule has 1 heterocycles. The lowest BCUT2D eigenvalue weighted by Crippen LogP contribution is -2.41. The zero-order chi connectivity index (χ0) is 12.9. The maximum atomic E-state index is 5.89. The lowest BCUT2D eigenvalue weighted by atomic mass is 9.87. The Morgan fingerprint density at radius 1 is 1.41 bits per heavy atom. The van der Waals surface area contributed by atoms with Crippen LogP contribution in [0.4, 0.5) is 0 Å². The number of nitrogens with zero attached hydrogens (tertiary/aromatic N) is 1. The number of nitrogens with two attached hydrogens (primary N) is 1. The first-order chi connectivity index (χ1) is 7.92. The van der Waals surface area contributed by atoms with Crippen molar-refractivity contribution in [2.45, 2.75) is 39.7 Å². The summed E-state index contributed by atoms with van der Waals surface area (Å²) in [4.78, 5) is 3.87. The third kappa shape index (κ3) is 5.66. The second-order valence-electron chi connectivity index (χ2n) is 5.96. The van der Waals surface area contributed by atoms with E-state index in [0.29, 0.717) is 11.5 Å². The number of rotatable bonds is 6. The summed E-state index contributed by atoms with van der Waals surface area (Å²) in [6, 6.07) is 4.82. The van der Waals surface area contributed by atoms with E-state index in [9.17, 15) is 0 Å². The molecule has 0 aromatic carbocycles. The summed E-state index contributed by atoms with van der Waals surface area (Å²) in [6.07, 6.45) is 2.29. The van der Waals surface area contributed by atoms with E-state index in [2.05, 4.69) is 50.2 Å². The van der Waals surface area contributed by atoms with Crippen LogP contribution in [0.25, 0.3) is 0 Å². The standard InChI is InChI=1S/C14H26N2S/c1-14(2,3)10-12(11-15)16(4)8-7-13-6-5-9-17-13/h5-6,9,12H,7-8,10-11,15H2,1-4H3. The molecule has 0 fully saturated rings. The highest BCUT2D eigenvalue weighted by Crippen LogP contribution is 2.23. The van der Waals surface area contributed by atoms with E-state index in [1.54, 1.807) is 0 Å². The van der Waals surface area contributed by atoms with Gasteiger partial charge in [0.1, 0.15) is 0 Å². The van der Waals surface area contributed by atoms with Crippen molar-refractivity contribution in [1.29, 1.82) is 0 Å². The molecule has 1 rings (SSSR count). The molecule has 0 amide bonds. The summed E-state index contributed by atoms with van der Waals surface area (Å²) in [7, 11) is 2.19. The predicted octanol–water partition coefficient (Wildman–Crippen LogP) is 2.99. The van der Waals surface area contributed by atoms with Gasteiger partial charge in [0.2, 0.25) is 0 Å². The van der Waals surface area contributed by atoms with Gasteiger partial charge in [-0.25, -0.2) is 0 Å². The summed E-state index contributed by atoms with van der Waals surface area (Å²) < 4.78 is 0. The van der Waals surface area contributed by atoms with Crippen molar-refractivity contribution in [3.05, 3.63) is 22.4 Å². The van der Waals surface area contributed by atoms with Crippen LogP contribution in [0.5, 0.6) is 0 Å². The van der Waals surface area contributed by atoms with Crippen LogP contribution in [0.15, 0.2) is 17.5 Å². The fourth-order valence-corrected chi connectivity index (χ4v) is 2.75. The summed E-state index contributed by atoms with van der Waals surface area (Å²) in [6.45, 7) is 8.69. The van der Waals surface area contributed by atoms with Crippen molar-refractivity contribution in [2.24, 2.45) is 11.1 Å². The average molecular weight is 254 g/mol. The zero-order valence-electron chi connectivity index (χ0n) is 11.6. The van der Waals surface area contributed by atoms with Crippen molar-refractivity contribution < 1.29 is 0 Å². The smallest absolute Gasteiger partial charge is 0.0220 e. The Morgan fingerprint density at radius 2 is 2.12 bits per heavy atom. The van der Waals surface area contributed by atoms with Gasteiger partial charge in [-0.05, 0) is 36.8 Å². The van der Waals surface area contributed by atoms with E-state index in [1.165, 1.54) is 4.88 Å². The van der Waals surface area contributed by atoms with Crippen LogP contribution in [-0.4, -0.2) is 31.1 Å². The van der Waals surface area contributed by atoms with Gasteiger partial charge in [0, 0.05) is 24.0 Å². The highest BCUT2D eigenvalue weighted by Gasteiger charge is 2.20. The molecule has 98 valence electrons. The van der Waals surface area contributed by atoms with E-state index in [0.717, 1.165) is 25.9 Å². The molecule has 0 saturated carbocycles. The Bertz CT molecular complexity index is 301. The number of likely N-dealkylation sites (N-methyl/N-ethyl adjacent to an activating group) is 1. The molecule has 0 aliphatic carbocycles. The molecule has 0 aliphatic heterocycles. The molecule has 2 N–H and O–H groups in total. The lowest BCUT2D eigenvalue weighted by Gasteiger charge is -2.32. The normalized spacial score (nSPS) is 14.2. The van der Waals surface area contributed by atoms with Crippen molar-refractivity contribution in [3.63, 3.8) is 0 Å². The lowest BCUT2D eigenvalue weighted by molar-refractivity contribution is 0.185. The van der Waals surface area contributed by atoms with Gasteiger partial charge in [-0.15, -0.1) is 11.3 Å². The van der Waals surface area contributed by atoms with Gasteiger partial charge in [0.05, 0.1) is 0 Å². The van der Waals surface area contributed by atoms with Gasteiger partial charge in [-0.3, -0.25) is 0 Å². The van der Waals surface area contributed by atoms with E-state index in [-0.39, 0.29) is 0 Å². The van der Waals surface area contributed by atoms with Crippen molar-refractivity contribution in [1.82, 2.24) is 4.90 Å². The first-order valence-corrected chi connectivity index (χ1v) is 7.23. The van der Waals surface area contributed by atoms with Crippen LogP contribution in [0.2, 0.25) is 0 Å². The fourth-order valence-electron chi connectivity index (χ4n) is 2.05. The van der Waals surface area contributed by atoms with Crippen LogP contribution in [0, 0.1) is 5.41 Å². The van der Waals surface area contributed by atoms with Gasteiger partial charge in [0.15, 0.2) is 0 Å². The summed E-state index contributed by atoms with van der Waals surface area (Å²) in [5, 5.41) is 2.14. The van der Waals surface area contributed by atoms with Crippen molar-refractivity contribution in [3.8, 4) is 0 Å². The van der Waals surface area contributed by atoms with Crippen LogP contribution in [-0.2, 0) is 6.42 Å². The topological polar surface area (TPSA) is 29.3 Å². The maximum Gasteiger partial charge on any atom is 0.0220 e. The van der Waals surface area contributed by atoms with Crippen LogP contribution in [0.1, 0.15) is 32.1 Å². The fraction of sp³-hybridized carbons (Fsp3) is 0.714. The molecule has 1 atom stereocenters. The number of hydrogen-bond acceptors (Lipinski definition) is 3.